The molecule has 0 unspecified atom stereocenters. The monoisotopic (exact) mass is 282 g/mol. The summed E-state index contributed by atoms with van der Waals surface area (Å²) in [6.07, 6.45) is 0. The molecule has 1 fully saturated rings. The van der Waals surface area contributed by atoms with Crippen molar-refractivity contribution >= 4 is 23.7 Å². The first-order valence-corrected chi connectivity index (χ1v) is 7.08. The lowest BCUT2D eigenvalue weighted by Crippen LogP contribution is -2.35. The largest absolute Gasteiger partial charge is 0.336 e. The summed E-state index contributed by atoms with van der Waals surface area (Å²) < 4.78 is 13.6. The number of halogens is 1. The zero-order valence-corrected chi connectivity index (χ0v) is 11.4. The minimum absolute atomic E-state index is 0.129. The third kappa shape index (κ3) is 3.26. The first kappa shape index (κ1) is 13.9. The molecule has 0 saturated carbocycles. The second-order valence-electron chi connectivity index (χ2n) is 4.25. The first-order chi connectivity index (χ1) is 9.09. The number of hydrogen-bond donors (Lipinski definition) is 1. The average Bonchev–Trinajstić information content (AvgIpc) is 2.82. The van der Waals surface area contributed by atoms with Crippen LogP contribution in [0.1, 0.15) is 17.7 Å². The molecule has 0 aromatic heterocycles. The molecule has 1 heterocycles. The summed E-state index contributed by atoms with van der Waals surface area (Å²) in [6.45, 7) is 2.75. The minimum Gasteiger partial charge on any atom is -0.336 e. The normalized spacial score (nSPS) is 16.3. The molecule has 0 aliphatic carbocycles. The van der Waals surface area contributed by atoms with Gasteiger partial charge in [0.2, 0.25) is 5.91 Å². The van der Waals surface area contributed by atoms with Crippen molar-refractivity contribution in [2.45, 2.75) is 12.2 Å². The first-order valence-electron chi connectivity index (χ1n) is 6.04. The van der Waals surface area contributed by atoms with E-state index in [-0.39, 0.29) is 28.8 Å². The third-order valence-corrected chi connectivity index (χ3v) is 4.13. The van der Waals surface area contributed by atoms with Crippen LogP contribution < -0.4 is 5.32 Å². The molecular weight excluding hydrogens is 267 g/mol. The van der Waals surface area contributed by atoms with Crippen LogP contribution in [0.5, 0.6) is 0 Å². The van der Waals surface area contributed by atoms with Crippen molar-refractivity contribution in [3.05, 3.63) is 35.6 Å². The Morgan fingerprint density at radius 1 is 1.53 bits per heavy atom. The number of carbonyl (C=O) groups excluding carboxylic acids is 2. The van der Waals surface area contributed by atoms with E-state index in [1.54, 1.807) is 18.2 Å². The molecular formula is C13H15FN2O2S. The van der Waals surface area contributed by atoms with E-state index < -0.39 is 0 Å². The Labute approximate surface area is 115 Å². The van der Waals surface area contributed by atoms with Crippen LogP contribution in [0.25, 0.3) is 0 Å². The molecule has 1 N–H and O–H groups in total. The number of nitrogens with zero attached hydrogens (tertiary/aromatic N) is 1. The molecule has 102 valence electrons. The second kappa shape index (κ2) is 6.06. The van der Waals surface area contributed by atoms with Crippen molar-refractivity contribution in [1.29, 1.82) is 0 Å². The molecule has 6 heteroatoms. The standard InChI is InChI=1S/C13H15FN2O2S/c1-9(10-4-2-3-5-11(10)14)19-8-12(17)16-7-6-15-13(16)18/h2-5,9H,6-8H2,1H3,(H,15,18)/t9-/m1/s1. The smallest absolute Gasteiger partial charge is 0.324 e. The molecule has 4 nitrogen and oxygen atoms in total. The van der Waals surface area contributed by atoms with Gasteiger partial charge in [-0.05, 0) is 13.0 Å². The number of urea groups is 1. The van der Waals surface area contributed by atoms with Gasteiger partial charge in [-0.3, -0.25) is 9.69 Å². The van der Waals surface area contributed by atoms with E-state index in [0.29, 0.717) is 18.7 Å². The minimum atomic E-state index is -0.343. The highest BCUT2D eigenvalue weighted by molar-refractivity contribution is 8.00. The molecule has 0 spiro atoms. The third-order valence-electron chi connectivity index (χ3n) is 2.96. The van der Waals surface area contributed by atoms with Crippen molar-refractivity contribution in [3.63, 3.8) is 0 Å². The van der Waals surface area contributed by atoms with Gasteiger partial charge in [-0.25, -0.2) is 9.18 Å². The number of imide groups is 1. The zero-order valence-electron chi connectivity index (χ0n) is 10.6. The van der Waals surface area contributed by atoms with Gasteiger partial charge in [0.05, 0.1) is 5.75 Å². The van der Waals surface area contributed by atoms with Crippen molar-refractivity contribution in [3.8, 4) is 0 Å². The van der Waals surface area contributed by atoms with E-state index in [2.05, 4.69) is 5.32 Å². The number of rotatable bonds is 4. The Morgan fingerprint density at radius 2 is 2.26 bits per heavy atom. The van der Waals surface area contributed by atoms with Crippen LogP contribution in [0.15, 0.2) is 24.3 Å². The lowest BCUT2D eigenvalue weighted by atomic mass is 10.1. The molecule has 0 radical (unpaired) electrons. The van der Waals surface area contributed by atoms with E-state index >= 15 is 0 Å². The summed E-state index contributed by atoms with van der Waals surface area (Å²) in [5.74, 6) is -0.333. The van der Waals surface area contributed by atoms with Gasteiger partial charge in [0.1, 0.15) is 5.82 Å². The van der Waals surface area contributed by atoms with Gasteiger partial charge in [-0.2, -0.15) is 0 Å². The maximum atomic E-state index is 13.6. The predicted molar refractivity (Wildman–Crippen MR) is 72.4 cm³/mol. The molecule has 1 atom stereocenters. The highest BCUT2D eigenvalue weighted by atomic mass is 32.2. The fourth-order valence-corrected chi connectivity index (χ4v) is 2.80. The van der Waals surface area contributed by atoms with Crippen LogP contribution in [0.4, 0.5) is 9.18 Å². The van der Waals surface area contributed by atoms with Crippen LogP contribution in [-0.4, -0.2) is 35.7 Å². The number of carbonyl (C=O) groups is 2. The highest BCUT2D eigenvalue weighted by Gasteiger charge is 2.26. The number of nitrogens with one attached hydrogen (secondary N) is 1. The maximum Gasteiger partial charge on any atom is 0.324 e. The van der Waals surface area contributed by atoms with Crippen molar-refractivity contribution < 1.29 is 14.0 Å². The molecule has 3 amide bonds. The van der Waals surface area contributed by atoms with Crippen molar-refractivity contribution in [2.75, 3.05) is 18.8 Å². The Kier molecular flexibility index (Phi) is 4.42. The lowest BCUT2D eigenvalue weighted by Gasteiger charge is -2.15. The van der Waals surface area contributed by atoms with Crippen molar-refractivity contribution in [1.82, 2.24) is 10.2 Å². The molecule has 19 heavy (non-hydrogen) atoms. The second-order valence-corrected chi connectivity index (χ2v) is 5.58. The molecule has 0 bridgehead atoms. The van der Waals surface area contributed by atoms with E-state index in [1.165, 1.54) is 22.7 Å². The molecule has 2 rings (SSSR count). The van der Waals surface area contributed by atoms with Crippen molar-refractivity contribution in [2.24, 2.45) is 0 Å². The highest BCUT2D eigenvalue weighted by Crippen LogP contribution is 2.30. The Bertz CT molecular complexity index is 495. The number of hydrogen-bond acceptors (Lipinski definition) is 3. The molecule has 1 saturated heterocycles. The Balaban J connectivity index is 1.90. The number of benzene rings is 1. The molecule has 1 aliphatic heterocycles. The van der Waals surface area contributed by atoms with E-state index in [4.69, 9.17) is 0 Å². The zero-order chi connectivity index (χ0) is 13.8. The van der Waals surface area contributed by atoms with E-state index in [9.17, 15) is 14.0 Å². The summed E-state index contributed by atoms with van der Waals surface area (Å²) in [5.41, 5.74) is 0.575. The molecule has 1 aromatic carbocycles. The Morgan fingerprint density at radius 3 is 2.89 bits per heavy atom. The number of amides is 3. The predicted octanol–water partition coefficient (Wildman–Crippen LogP) is 2.17. The average molecular weight is 282 g/mol. The SMILES string of the molecule is C[C@@H](SCC(=O)N1CCNC1=O)c1ccccc1F. The van der Waals surface area contributed by atoms with Gasteiger partial charge in [0, 0.05) is 23.9 Å². The fourth-order valence-electron chi connectivity index (χ4n) is 1.88. The van der Waals surface area contributed by atoms with Crippen LogP contribution in [0, 0.1) is 5.82 Å². The fraction of sp³-hybridized carbons (Fsp3) is 0.385. The maximum absolute atomic E-state index is 13.6. The summed E-state index contributed by atoms with van der Waals surface area (Å²) in [5, 5.41) is 2.45. The quantitative estimate of drug-likeness (QED) is 0.920. The van der Waals surface area contributed by atoms with Gasteiger partial charge in [-0.1, -0.05) is 18.2 Å². The molecule has 1 aliphatic rings. The summed E-state index contributed by atoms with van der Waals surface area (Å²) in [4.78, 5) is 24.3. The lowest BCUT2D eigenvalue weighted by molar-refractivity contribution is -0.124. The topological polar surface area (TPSA) is 49.4 Å². The molecule has 1 aromatic rings. The Hall–Kier alpha value is -1.56. The number of thioether (sulfide) groups is 1. The van der Waals surface area contributed by atoms with Gasteiger partial charge in [0.25, 0.3) is 0 Å². The summed E-state index contributed by atoms with van der Waals surface area (Å²) in [6, 6.07) is 6.17. The van der Waals surface area contributed by atoms with Gasteiger partial charge >= 0.3 is 6.03 Å². The van der Waals surface area contributed by atoms with Gasteiger partial charge < -0.3 is 5.32 Å². The summed E-state index contributed by atoms with van der Waals surface area (Å²) in [7, 11) is 0. The van der Waals surface area contributed by atoms with Crippen LogP contribution in [0.3, 0.4) is 0 Å². The van der Waals surface area contributed by atoms with Crippen LogP contribution in [-0.2, 0) is 4.79 Å². The van der Waals surface area contributed by atoms with Gasteiger partial charge in [-0.15, -0.1) is 11.8 Å². The van der Waals surface area contributed by atoms with E-state index in [0.717, 1.165) is 0 Å². The van der Waals surface area contributed by atoms with Crippen LogP contribution >= 0.6 is 11.8 Å². The van der Waals surface area contributed by atoms with Crippen LogP contribution in [0.2, 0.25) is 0 Å². The van der Waals surface area contributed by atoms with E-state index in [1.807, 2.05) is 6.92 Å². The van der Waals surface area contributed by atoms with Gasteiger partial charge in [0.15, 0.2) is 0 Å². The summed E-state index contributed by atoms with van der Waals surface area (Å²) >= 11 is 1.33.